The molecule has 2 rings (SSSR count). The first-order valence-corrected chi connectivity index (χ1v) is 6.62. The number of benzene rings is 2. The van der Waals surface area contributed by atoms with E-state index in [1.54, 1.807) is 14.2 Å². The zero-order chi connectivity index (χ0) is 13.7. The van der Waals surface area contributed by atoms with Crippen LogP contribution in [0.15, 0.2) is 46.9 Å². The molecule has 4 heteroatoms. The third-order valence-electron chi connectivity index (χ3n) is 2.68. The largest absolute Gasteiger partial charge is 0.493 e. The number of methoxy groups -OCH3 is 2. The Morgan fingerprint density at radius 1 is 0.895 bits per heavy atom. The van der Waals surface area contributed by atoms with Gasteiger partial charge in [-0.1, -0.05) is 34.1 Å². The second kappa shape index (κ2) is 6.48. The number of hydrogen-bond donors (Lipinski definition) is 0. The standard InChI is InChI=1S/C15H15BrO3/c1-17-13-4-3-5-14(18-2)15(13)19-10-11-6-8-12(16)9-7-11/h3-9H,10H2,1-2H3. The van der Waals surface area contributed by atoms with Crippen molar-refractivity contribution in [2.24, 2.45) is 0 Å². The van der Waals surface area contributed by atoms with Crippen LogP contribution in [0.2, 0.25) is 0 Å². The molecule has 0 aliphatic heterocycles. The fourth-order valence-electron chi connectivity index (χ4n) is 1.70. The third-order valence-corrected chi connectivity index (χ3v) is 3.21. The quantitative estimate of drug-likeness (QED) is 0.831. The summed E-state index contributed by atoms with van der Waals surface area (Å²) >= 11 is 3.41. The highest BCUT2D eigenvalue weighted by Crippen LogP contribution is 2.37. The fourth-order valence-corrected chi connectivity index (χ4v) is 1.96. The third kappa shape index (κ3) is 3.41. The van der Waals surface area contributed by atoms with E-state index in [9.17, 15) is 0 Å². The Labute approximate surface area is 121 Å². The molecule has 100 valence electrons. The molecule has 0 bridgehead atoms. The molecule has 0 saturated heterocycles. The molecule has 0 amide bonds. The first-order chi connectivity index (χ1) is 9.24. The average Bonchev–Trinajstić information content (AvgIpc) is 2.46. The number of ether oxygens (including phenoxy) is 3. The van der Waals surface area contributed by atoms with Crippen molar-refractivity contribution >= 4 is 15.9 Å². The van der Waals surface area contributed by atoms with Gasteiger partial charge in [-0.15, -0.1) is 0 Å². The lowest BCUT2D eigenvalue weighted by atomic mass is 10.2. The molecule has 0 saturated carbocycles. The van der Waals surface area contributed by atoms with Crippen LogP contribution in [0.5, 0.6) is 17.2 Å². The molecule has 0 aliphatic rings. The number of hydrogen-bond acceptors (Lipinski definition) is 3. The van der Waals surface area contributed by atoms with Crippen molar-refractivity contribution in [3.05, 3.63) is 52.5 Å². The molecule has 3 nitrogen and oxygen atoms in total. The van der Waals surface area contributed by atoms with Crippen molar-refractivity contribution in [1.29, 1.82) is 0 Å². The number of rotatable bonds is 5. The lowest BCUT2D eigenvalue weighted by molar-refractivity contribution is 0.266. The van der Waals surface area contributed by atoms with E-state index in [0.717, 1.165) is 10.0 Å². The van der Waals surface area contributed by atoms with Gasteiger partial charge in [0, 0.05) is 4.47 Å². The van der Waals surface area contributed by atoms with Crippen molar-refractivity contribution in [2.45, 2.75) is 6.61 Å². The lowest BCUT2D eigenvalue weighted by Gasteiger charge is -2.14. The highest BCUT2D eigenvalue weighted by atomic mass is 79.9. The summed E-state index contributed by atoms with van der Waals surface area (Å²) in [5.74, 6) is 1.95. The van der Waals surface area contributed by atoms with Crippen LogP contribution in [0.3, 0.4) is 0 Å². The van der Waals surface area contributed by atoms with E-state index in [0.29, 0.717) is 23.9 Å². The molecule has 0 N–H and O–H groups in total. The van der Waals surface area contributed by atoms with E-state index in [1.807, 2.05) is 42.5 Å². The zero-order valence-corrected chi connectivity index (χ0v) is 12.4. The maximum absolute atomic E-state index is 5.81. The van der Waals surface area contributed by atoms with Crippen molar-refractivity contribution in [1.82, 2.24) is 0 Å². The minimum Gasteiger partial charge on any atom is -0.493 e. The Hall–Kier alpha value is -1.68. The predicted molar refractivity (Wildman–Crippen MR) is 78.0 cm³/mol. The highest BCUT2D eigenvalue weighted by molar-refractivity contribution is 9.10. The number of para-hydroxylation sites is 1. The van der Waals surface area contributed by atoms with Gasteiger partial charge in [0.15, 0.2) is 11.5 Å². The molecule has 0 aliphatic carbocycles. The Morgan fingerprint density at radius 3 is 2.00 bits per heavy atom. The van der Waals surface area contributed by atoms with Crippen molar-refractivity contribution in [2.75, 3.05) is 14.2 Å². The summed E-state index contributed by atoms with van der Waals surface area (Å²) in [6.45, 7) is 0.462. The summed E-state index contributed by atoms with van der Waals surface area (Å²) in [5.41, 5.74) is 1.08. The average molecular weight is 323 g/mol. The minimum atomic E-state index is 0.462. The summed E-state index contributed by atoms with van der Waals surface area (Å²) < 4.78 is 17.4. The van der Waals surface area contributed by atoms with Crippen LogP contribution >= 0.6 is 15.9 Å². The van der Waals surface area contributed by atoms with Gasteiger partial charge in [0.05, 0.1) is 14.2 Å². The van der Waals surface area contributed by atoms with E-state index in [2.05, 4.69) is 15.9 Å². The van der Waals surface area contributed by atoms with Gasteiger partial charge in [0.1, 0.15) is 6.61 Å². The second-order valence-corrected chi connectivity index (χ2v) is 4.82. The highest BCUT2D eigenvalue weighted by Gasteiger charge is 2.11. The van der Waals surface area contributed by atoms with Crippen molar-refractivity contribution < 1.29 is 14.2 Å². The van der Waals surface area contributed by atoms with E-state index < -0.39 is 0 Å². The Bertz CT molecular complexity index is 515. The first kappa shape index (κ1) is 13.7. The molecule has 19 heavy (non-hydrogen) atoms. The van der Waals surface area contributed by atoms with Gasteiger partial charge in [-0.3, -0.25) is 0 Å². The van der Waals surface area contributed by atoms with Crippen molar-refractivity contribution in [3.63, 3.8) is 0 Å². The molecule has 0 unspecified atom stereocenters. The van der Waals surface area contributed by atoms with E-state index in [4.69, 9.17) is 14.2 Å². The minimum absolute atomic E-state index is 0.462. The molecule has 0 aromatic heterocycles. The molecule has 2 aromatic carbocycles. The van der Waals surface area contributed by atoms with Crippen LogP contribution in [-0.2, 0) is 6.61 Å². The van der Waals surface area contributed by atoms with Gasteiger partial charge in [-0.05, 0) is 29.8 Å². The van der Waals surface area contributed by atoms with Gasteiger partial charge in [0.25, 0.3) is 0 Å². The molecular weight excluding hydrogens is 308 g/mol. The van der Waals surface area contributed by atoms with E-state index in [1.165, 1.54) is 0 Å². The van der Waals surface area contributed by atoms with Crippen LogP contribution in [-0.4, -0.2) is 14.2 Å². The Kier molecular flexibility index (Phi) is 4.68. The molecular formula is C15H15BrO3. The smallest absolute Gasteiger partial charge is 0.203 e. The van der Waals surface area contributed by atoms with Crippen LogP contribution < -0.4 is 14.2 Å². The summed E-state index contributed by atoms with van der Waals surface area (Å²) in [6, 6.07) is 13.5. The maximum Gasteiger partial charge on any atom is 0.203 e. The summed E-state index contributed by atoms with van der Waals surface area (Å²) in [5, 5.41) is 0. The van der Waals surface area contributed by atoms with E-state index in [-0.39, 0.29) is 0 Å². The maximum atomic E-state index is 5.81. The van der Waals surface area contributed by atoms with Gasteiger partial charge in [0.2, 0.25) is 5.75 Å². The van der Waals surface area contributed by atoms with Gasteiger partial charge in [-0.2, -0.15) is 0 Å². The molecule has 0 heterocycles. The Balaban J connectivity index is 2.16. The fraction of sp³-hybridized carbons (Fsp3) is 0.200. The van der Waals surface area contributed by atoms with Gasteiger partial charge < -0.3 is 14.2 Å². The monoisotopic (exact) mass is 322 g/mol. The SMILES string of the molecule is COc1cccc(OC)c1OCc1ccc(Br)cc1. The van der Waals surface area contributed by atoms with Crippen LogP contribution in [0.4, 0.5) is 0 Å². The molecule has 0 atom stereocenters. The molecule has 0 fully saturated rings. The normalized spacial score (nSPS) is 10.1. The molecule has 2 aromatic rings. The zero-order valence-electron chi connectivity index (χ0n) is 10.9. The van der Waals surface area contributed by atoms with Gasteiger partial charge in [-0.25, -0.2) is 0 Å². The Morgan fingerprint density at radius 2 is 1.47 bits per heavy atom. The first-order valence-electron chi connectivity index (χ1n) is 5.83. The topological polar surface area (TPSA) is 27.7 Å². The van der Waals surface area contributed by atoms with Gasteiger partial charge >= 0.3 is 0 Å². The van der Waals surface area contributed by atoms with Crippen LogP contribution in [0, 0.1) is 0 Å². The summed E-state index contributed by atoms with van der Waals surface area (Å²) in [7, 11) is 3.22. The number of halogens is 1. The van der Waals surface area contributed by atoms with Crippen LogP contribution in [0.25, 0.3) is 0 Å². The van der Waals surface area contributed by atoms with Crippen molar-refractivity contribution in [3.8, 4) is 17.2 Å². The van der Waals surface area contributed by atoms with Crippen LogP contribution in [0.1, 0.15) is 5.56 Å². The summed E-state index contributed by atoms with van der Waals surface area (Å²) in [6.07, 6.45) is 0. The molecule has 0 spiro atoms. The molecule has 0 radical (unpaired) electrons. The summed E-state index contributed by atoms with van der Waals surface area (Å²) in [4.78, 5) is 0. The lowest BCUT2D eigenvalue weighted by Crippen LogP contribution is -1.99. The second-order valence-electron chi connectivity index (χ2n) is 3.91. The predicted octanol–water partition coefficient (Wildman–Crippen LogP) is 4.05. The van der Waals surface area contributed by atoms with E-state index >= 15 is 0 Å².